The lowest BCUT2D eigenvalue weighted by Crippen LogP contribution is -2.40. The van der Waals surface area contributed by atoms with Gasteiger partial charge < -0.3 is 20.5 Å². The van der Waals surface area contributed by atoms with Gasteiger partial charge in [-0.05, 0) is 43.2 Å². The van der Waals surface area contributed by atoms with E-state index in [-0.39, 0.29) is 11.9 Å². The molecule has 0 radical (unpaired) electrons. The lowest BCUT2D eigenvalue weighted by Gasteiger charge is -2.26. The lowest BCUT2D eigenvalue weighted by molar-refractivity contribution is -0.139. The van der Waals surface area contributed by atoms with E-state index >= 15 is 0 Å². The minimum Gasteiger partial charge on any atom is -0.488 e. The molecule has 2 atom stereocenters. The number of ether oxygens (including phenoxy) is 1. The van der Waals surface area contributed by atoms with E-state index in [0.717, 1.165) is 61.0 Å². The van der Waals surface area contributed by atoms with Gasteiger partial charge in [-0.3, -0.25) is 9.48 Å². The maximum atomic E-state index is 12.6. The van der Waals surface area contributed by atoms with Crippen molar-refractivity contribution in [1.29, 1.82) is 0 Å². The number of carbonyl (C=O) groups is 2. The maximum absolute atomic E-state index is 12.6. The van der Waals surface area contributed by atoms with Gasteiger partial charge >= 0.3 is 5.97 Å². The molecule has 0 saturated heterocycles. The minimum atomic E-state index is -1.01. The average molecular weight is 466 g/mol. The van der Waals surface area contributed by atoms with E-state index in [1.165, 1.54) is 0 Å². The number of benzene rings is 1. The number of carboxylic acids is 1. The second-order valence-electron chi connectivity index (χ2n) is 8.75. The van der Waals surface area contributed by atoms with Gasteiger partial charge in [-0.15, -0.1) is 0 Å². The second kappa shape index (κ2) is 11.0. The summed E-state index contributed by atoms with van der Waals surface area (Å²) >= 11 is 0. The van der Waals surface area contributed by atoms with Gasteiger partial charge in [-0.25, -0.2) is 9.78 Å². The molecule has 34 heavy (non-hydrogen) atoms. The lowest BCUT2D eigenvalue weighted by atomic mass is 10.0. The molecule has 4 rings (SSSR count). The first kappa shape index (κ1) is 23.5. The molecular formula is C25H31N5O4. The van der Waals surface area contributed by atoms with Crippen LogP contribution in [0.1, 0.15) is 55.3 Å². The van der Waals surface area contributed by atoms with Gasteiger partial charge in [-0.1, -0.05) is 32.1 Å². The smallest absolute Gasteiger partial charge is 0.326 e. The molecule has 9 heteroatoms. The van der Waals surface area contributed by atoms with Gasteiger partial charge in [0.15, 0.2) is 11.6 Å². The zero-order chi connectivity index (χ0) is 23.9. The van der Waals surface area contributed by atoms with Gasteiger partial charge in [-0.2, -0.15) is 5.10 Å². The highest BCUT2D eigenvalue weighted by atomic mass is 16.5. The number of nitrogens with one attached hydrogen (secondary N) is 2. The Bertz CT molecular complexity index is 1150. The standard InChI is InChI=1S/C25H31N5O4/c1-30-21-12-11-17(14-18(21)15-27-30)24(31)29-20(25(32)33)9-6-4-2-3-5-8-19-16-34-22-10-7-13-26-23(22)28-19/h7,10-15,19-20H,2-6,8-9,16H2,1H3,(H,26,28)(H,29,31)(H,32,33)/t19?,20-/m1/s1. The molecule has 0 saturated carbocycles. The van der Waals surface area contributed by atoms with Crippen molar-refractivity contribution in [3.63, 3.8) is 0 Å². The number of fused-ring (bicyclic) bond motifs is 2. The summed E-state index contributed by atoms with van der Waals surface area (Å²) in [5.74, 6) is 0.224. The van der Waals surface area contributed by atoms with Crippen LogP contribution in [0.3, 0.4) is 0 Å². The van der Waals surface area contributed by atoms with Crippen molar-refractivity contribution in [1.82, 2.24) is 20.1 Å². The van der Waals surface area contributed by atoms with Crippen molar-refractivity contribution in [2.45, 2.75) is 57.0 Å². The normalized spacial score (nSPS) is 15.7. The molecular weight excluding hydrogens is 434 g/mol. The molecule has 3 aromatic rings. The Labute approximate surface area is 198 Å². The summed E-state index contributed by atoms with van der Waals surface area (Å²) < 4.78 is 7.48. The Hall–Kier alpha value is -3.62. The van der Waals surface area contributed by atoms with Crippen molar-refractivity contribution in [3.8, 4) is 5.75 Å². The Morgan fingerprint density at radius 2 is 2.06 bits per heavy atom. The largest absolute Gasteiger partial charge is 0.488 e. The van der Waals surface area contributed by atoms with Gasteiger partial charge in [0.1, 0.15) is 12.6 Å². The number of anilines is 1. The summed E-state index contributed by atoms with van der Waals surface area (Å²) in [4.78, 5) is 28.6. The molecule has 1 aliphatic heterocycles. The van der Waals surface area contributed by atoms with Gasteiger partial charge in [0.05, 0.1) is 17.8 Å². The van der Waals surface area contributed by atoms with E-state index in [4.69, 9.17) is 4.74 Å². The summed E-state index contributed by atoms with van der Waals surface area (Å²) in [6.07, 6.45) is 9.71. The highest BCUT2D eigenvalue weighted by molar-refractivity contribution is 5.99. The number of carboxylic acid groups (broad SMARTS) is 1. The third-order valence-electron chi connectivity index (χ3n) is 6.21. The van der Waals surface area contributed by atoms with E-state index in [9.17, 15) is 14.7 Å². The number of hydrogen-bond donors (Lipinski definition) is 3. The van der Waals surface area contributed by atoms with Crippen molar-refractivity contribution < 1.29 is 19.4 Å². The number of unbranched alkanes of at least 4 members (excludes halogenated alkanes) is 4. The Balaban J connectivity index is 1.14. The van der Waals surface area contributed by atoms with Crippen molar-refractivity contribution >= 4 is 28.6 Å². The molecule has 1 unspecified atom stereocenters. The van der Waals surface area contributed by atoms with Gasteiger partial charge in [0, 0.05) is 24.2 Å². The Morgan fingerprint density at radius 1 is 1.24 bits per heavy atom. The van der Waals surface area contributed by atoms with Crippen LogP contribution < -0.4 is 15.4 Å². The third-order valence-corrected chi connectivity index (χ3v) is 6.21. The van der Waals surface area contributed by atoms with Crippen molar-refractivity contribution in [2.24, 2.45) is 7.05 Å². The molecule has 180 valence electrons. The molecule has 9 nitrogen and oxygen atoms in total. The summed E-state index contributed by atoms with van der Waals surface area (Å²) in [6, 6.07) is 8.39. The van der Waals surface area contributed by atoms with Crippen LogP contribution in [0.4, 0.5) is 5.82 Å². The first-order valence-electron chi connectivity index (χ1n) is 11.8. The van der Waals surface area contributed by atoms with Crippen LogP contribution in [0.5, 0.6) is 5.75 Å². The number of carbonyl (C=O) groups excluding carboxylic acids is 1. The summed E-state index contributed by atoms with van der Waals surface area (Å²) in [5.41, 5.74) is 1.35. The number of aryl methyl sites for hydroxylation is 1. The average Bonchev–Trinajstić information content (AvgIpc) is 3.22. The fourth-order valence-corrected chi connectivity index (χ4v) is 4.27. The van der Waals surface area contributed by atoms with Crippen LogP contribution >= 0.6 is 0 Å². The summed E-state index contributed by atoms with van der Waals surface area (Å²) in [5, 5.41) is 20.6. The predicted molar refractivity (Wildman–Crippen MR) is 129 cm³/mol. The molecule has 0 spiro atoms. The third kappa shape index (κ3) is 5.84. The van der Waals surface area contributed by atoms with Crippen LogP contribution in [0, 0.1) is 0 Å². The van der Waals surface area contributed by atoms with Crippen molar-refractivity contribution in [2.75, 3.05) is 11.9 Å². The maximum Gasteiger partial charge on any atom is 0.326 e. The molecule has 1 aromatic carbocycles. The topological polar surface area (TPSA) is 118 Å². The summed E-state index contributed by atoms with van der Waals surface area (Å²) in [6.45, 7) is 0.645. The number of aliphatic carboxylic acids is 1. The van der Waals surface area contributed by atoms with E-state index < -0.39 is 12.0 Å². The first-order chi connectivity index (χ1) is 16.5. The number of rotatable bonds is 11. The molecule has 1 aliphatic rings. The number of hydrogen-bond acceptors (Lipinski definition) is 6. The number of amides is 1. The van der Waals surface area contributed by atoms with E-state index in [0.29, 0.717) is 18.6 Å². The van der Waals surface area contributed by atoms with E-state index in [1.807, 2.05) is 25.2 Å². The predicted octanol–water partition coefficient (Wildman–Crippen LogP) is 3.76. The van der Waals surface area contributed by atoms with Crippen LogP contribution in [-0.2, 0) is 11.8 Å². The first-order valence-corrected chi connectivity index (χ1v) is 11.8. The van der Waals surface area contributed by atoms with E-state index in [2.05, 4.69) is 20.7 Å². The monoisotopic (exact) mass is 465 g/mol. The van der Waals surface area contributed by atoms with Crippen LogP contribution in [0.25, 0.3) is 10.9 Å². The minimum absolute atomic E-state index is 0.264. The van der Waals surface area contributed by atoms with Gasteiger partial charge in [0.2, 0.25) is 0 Å². The fraction of sp³-hybridized carbons (Fsp3) is 0.440. The summed E-state index contributed by atoms with van der Waals surface area (Å²) in [7, 11) is 1.83. The molecule has 0 aliphatic carbocycles. The molecule has 0 bridgehead atoms. The Kier molecular flexibility index (Phi) is 7.61. The molecule has 0 fully saturated rings. The molecule has 1 amide bonds. The molecule has 3 N–H and O–H groups in total. The van der Waals surface area contributed by atoms with Gasteiger partial charge in [0.25, 0.3) is 5.91 Å². The van der Waals surface area contributed by atoms with Crippen LogP contribution in [0.15, 0.2) is 42.7 Å². The van der Waals surface area contributed by atoms with E-state index in [1.54, 1.807) is 29.2 Å². The number of aromatic nitrogens is 3. The number of nitrogens with zero attached hydrogens (tertiary/aromatic N) is 3. The second-order valence-corrected chi connectivity index (χ2v) is 8.75. The highest BCUT2D eigenvalue weighted by Gasteiger charge is 2.21. The molecule has 3 heterocycles. The zero-order valence-electron chi connectivity index (χ0n) is 19.4. The molecule has 2 aromatic heterocycles. The Morgan fingerprint density at radius 3 is 2.91 bits per heavy atom. The van der Waals surface area contributed by atoms with Crippen LogP contribution in [0.2, 0.25) is 0 Å². The van der Waals surface area contributed by atoms with Crippen molar-refractivity contribution in [3.05, 3.63) is 48.3 Å². The quantitative estimate of drug-likeness (QED) is 0.369. The van der Waals surface area contributed by atoms with Crippen LogP contribution in [-0.4, -0.2) is 50.4 Å². The SMILES string of the molecule is Cn1ncc2cc(C(=O)N[C@H](CCCCCCCC3COc4cccnc4N3)C(=O)O)ccc21. The zero-order valence-corrected chi connectivity index (χ0v) is 19.4. The fourth-order valence-electron chi connectivity index (χ4n) is 4.27. The number of pyridine rings is 1. The highest BCUT2D eigenvalue weighted by Crippen LogP contribution is 2.27.